The van der Waals surface area contributed by atoms with Crippen molar-refractivity contribution in [2.45, 2.75) is 13.0 Å². The highest BCUT2D eigenvalue weighted by Gasteiger charge is 2.19. The SMILES string of the molecule is CC(N)C(=O)c1c(O)cc(Cl)cc1Br. The molecule has 0 aliphatic carbocycles. The first kappa shape index (κ1) is 11.5. The van der Waals surface area contributed by atoms with E-state index in [9.17, 15) is 9.90 Å². The van der Waals surface area contributed by atoms with Crippen molar-refractivity contribution in [3.05, 3.63) is 27.2 Å². The molecule has 1 aromatic rings. The van der Waals surface area contributed by atoms with Crippen molar-refractivity contribution >= 4 is 33.3 Å². The lowest BCUT2D eigenvalue weighted by Gasteiger charge is -2.09. The molecule has 0 aromatic heterocycles. The Bertz CT molecular complexity index is 356. The Balaban J connectivity index is 3.28. The van der Waals surface area contributed by atoms with Gasteiger partial charge in [-0.25, -0.2) is 0 Å². The normalized spacial score (nSPS) is 12.6. The van der Waals surface area contributed by atoms with Gasteiger partial charge in [-0.2, -0.15) is 0 Å². The minimum absolute atomic E-state index is 0.160. The predicted octanol–water partition coefficient (Wildman–Crippen LogP) is 2.34. The lowest BCUT2D eigenvalue weighted by molar-refractivity contribution is 0.0964. The number of nitrogens with two attached hydrogens (primary N) is 1. The highest BCUT2D eigenvalue weighted by atomic mass is 79.9. The van der Waals surface area contributed by atoms with Crippen molar-refractivity contribution in [2.75, 3.05) is 0 Å². The summed E-state index contributed by atoms with van der Waals surface area (Å²) in [4.78, 5) is 11.5. The van der Waals surface area contributed by atoms with Gasteiger partial charge in [-0.1, -0.05) is 11.6 Å². The minimum atomic E-state index is -0.654. The summed E-state index contributed by atoms with van der Waals surface area (Å²) in [6.45, 7) is 1.56. The Morgan fingerprint density at radius 2 is 2.21 bits per heavy atom. The van der Waals surface area contributed by atoms with Gasteiger partial charge in [0.25, 0.3) is 0 Å². The third-order valence-electron chi connectivity index (χ3n) is 1.69. The summed E-state index contributed by atoms with van der Waals surface area (Å²) in [7, 11) is 0. The molecule has 0 amide bonds. The monoisotopic (exact) mass is 277 g/mol. The largest absolute Gasteiger partial charge is 0.507 e. The number of hydrogen-bond donors (Lipinski definition) is 2. The van der Waals surface area contributed by atoms with Gasteiger partial charge in [0.1, 0.15) is 5.75 Å². The van der Waals surface area contributed by atoms with Crippen LogP contribution in [0.4, 0.5) is 0 Å². The summed E-state index contributed by atoms with van der Waals surface area (Å²) in [5.74, 6) is -0.488. The second kappa shape index (κ2) is 4.29. The second-order valence-electron chi connectivity index (χ2n) is 2.93. The van der Waals surface area contributed by atoms with Crippen LogP contribution in [0.1, 0.15) is 17.3 Å². The molecule has 0 aliphatic heterocycles. The Hall–Kier alpha value is -0.580. The molecule has 1 rings (SSSR count). The van der Waals surface area contributed by atoms with E-state index < -0.39 is 6.04 Å². The molecular weight excluding hydrogens is 269 g/mol. The summed E-state index contributed by atoms with van der Waals surface area (Å²) in [5, 5.41) is 9.86. The number of hydrogen-bond acceptors (Lipinski definition) is 3. The van der Waals surface area contributed by atoms with Crippen LogP contribution in [0.5, 0.6) is 5.75 Å². The Morgan fingerprint density at radius 3 is 2.64 bits per heavy atom. The topological polar surface area (TPSA) is 63.3 Å². The smallest absolute Gasteiger partial charge is 0.184 e. The average molecular weight is 279 g/mol. The molecule has 0 bridgehead atoms. The summed E-state index contributed by atoms with van der Waals surface area (Å²) < 4.78 is 0.449. The fraction of sp³-hybridized carbons (Fsp3) is 0.222. The van der Waals surface area contributed by atoms with Gasteiger partial charge in [-0.3, -0.25) is 4.79 Å². The van der Waals surface area contributed by atoms with Crippen LogP contribution in [0.2, 0.25) is 5.02 Å². The van der Waals surface area contributed by atoms with E-state index in [2.05, 4.69) is 15.9 Å². The first-order valence-electron chi connectivity index (χ1n) is 3.91. The van der Waals surface area contributed by atoms with Gasteiger partial charge < -0.3 is 10.8 Å². The number of ketones is 1. The number of Topliss-reactive ketones (excluding diaryl/α,β-unsaturated/α-hetero) is 1. The number of carbonyl (C=O) groups excluding carboxylic acids is 1. The highest BCUT2D eigenvalue weighted by molar-refractivity contribution is 9.10. The van der Waals surface area contributed by atoms with E-state index in [1.165, 1.54) is 12.1 Å². The van der Waals surface area contributed by atoms with Gasteiger partial charge in [-0.05, 0) is 35.0 Å². The quantitative estimate of drug-likeness (QED) is 0.816. The molecule has 0 spiro atoms. The van der Waals surface area contributed by atoms with Gasteiger partial charge >= 0.3 is 0 Å². The van der Waals surface area contributed by atoms with E-state index in [0.29, 0.717) is 9.50 Å². The van der Waals surface area contributed by atoms with Crippen LogP contribution < -0.4 is 5.73 Å². The van der Waals surface area contributed by atoms with Crippen LogP contribution in [0, 0.1) is 0 Å². The van der Waals surface area contributed by atoms with Crippen LogP contribution >= 0.6 is 27.5 Å². The molecule has 0 radical (unpaired) electrons. The summed E-state index contributed by atoms with van der Waals surface area (Å²) >= 11 is 8.82. The number of aromatic hydroxyl groups is 1. The van der Waals surface area contributed by atoms with Crippen molar-refractivity contribution in [2.24, 2.45) is 5.73 Å². The van der Waals surface area contributed by atoms with Gasteiger partial charge in [0.15, 0.2) is 5.78 Å². The molecule has 5 heteroatoms. The third kappa shape index (κ3) is 2.26. The number of halogens is 2. The van der Waals surface area contributed by atoms with Crippen molar-refractivity contribution < 1.29 is 9.90 Å². The summed E-state index contributed by atoms with van der Waals surface area (Å²) in [5.41, 5.74) is 5.60. The van der Waals surface area contributed by atoms with Crippen molar-refractivity contribution in [1.82, 2.24) is 0 Å². The molecule has 3 nitrogen and oxygen atoms in total. The minimum Gasteiger partial charge on any atom is -0.507 e. The molecule has 0 saturated heterocycles. The fourth-order valence-corrected chi connectivity index (χ4v) is 2.02. The van der Waals surface area contributed by atoms with E-state index in [0.717, 1.165) is 0 Å². The lowest BCUT2D eigenvalue weighted by Crippen LogP contribution is -2.27. The Kier molecular flexibility index (Phi) is 3.53. The van der Waals surface area contributed by atoms with Gasteiger partial charge in [0, 0.05) is 9.50 Å². The number of rotatable bonds is 2. The van der Waals surface area contributed by atoms with Crippen LogP contribution in [0.3, 0.4) is 0 Å². The molecule has 1 unspecified atom stereocenters. The molecule has 76 valence electrons. The van der Waals surface area contributed by atoms with Crippen LogP contribution in [0.25, 0.3) is 0 Å². The number of carbonyl (C=O) groups is 1. The standard InChI is InChI=1S/C9H9BrClNO2/c1-4(12)9(14)8-6(10)2-5(11)3-7(8)13/h2-4,13H,12H2,1H3. The van der Waals surface area contributed by atoms with E-state index >= 15 is 0 Å². The Labute approximate surface area is 95.0 Å². The number of benzene rings is 1. The molecule has 14 heavy (non-hydrogen) atoms. The van der Waals surface area contributed by atoms with Crippen LogP contribution in [0.15, 0.2) is 16.6 Å². The fourth-order valence-electron chi connectivity index (χ4n) is 1.03. The second-order valence-corrected chi connectivity index (χ2v) is 4.23. The van der Waals surface area contributed by atoms with E-state index in [4.69, 9.17) is 17.3 Å². The van der Waals surface area contributed by atoms with Gasteiger partial charge in [0.05, 0.1) is 11.6 Å². The molecule has 0 fully saturated rings. The maximum absolute atomic E-state index is 11.5. The zero-order valence-electron chi connectivity index (χ0n) is 7.42. The van der Waals surface area contributed by atoms with E-state index in [1.54, 1.807) is 6.92 Å². The zero-order valence-corrected chi connectivity index (χ0v) is 9.76. The molecule has 0 heterocycles. The first-order valence-corrected chi connectivity index (χ1v) is 5.08. The summed E-state index contributed by atoms with van der Waals surface area (Å²) in [6, 6.07) is 2.19. The van der Waals surface area contributed by atoms with E-state index in [-0.39, 0.29) is 17.1 Å². The van der Waals surface area contributed by atoms with E-state index in [1.807, 2.05) is 0 Å². The van der Waals surface area contributed by atoms with Gasteiger partial charge in [0.2, 0.25) is 0 Å². The molecule has 0 aliphatic rings. The predicted molar refractivity (Wildman–Crippen MR) is 58.8 cm³/mol. The van der Waals surface area contributed by atoms with Crippen molar-refractivity contribution in [1.29, 1.82) is 0 Å². The molecule has 1 aromatic carbocycles. The zero-order chi connectivity index (χ0) is 10.9. The van der Waals surface area contributed by atoms with Gasteiger partial charge in [-0.15, -0.1) is 0 Å². The average Bonchev–Trinajstić information content (AvgIpc) is 2.01. The number of phenols is 1. The van der Waals surface area contributed by atoms with Crippen molar-refractivity contribution in [3.8, 4) is 5.75 Å². The summed E-state index contributed by atoms with van der Waals surface area (Å²) in [6.07, 6.45) is 0. The van der Waals surface area contributed by atoms with Crippen molar-refractivity contribution in [3.63, 3.8) is 0 Å². The lowest BCUT2D eigenvalue weighted by atomic mass is 10.1. The first-order chi connectivity index (χ1) is 6.43. The van der Waals surface area contributed by atoms with Crippen LogP contribution in [-0.4, -0.2) is 16.9 Å². The Morgan fingerprint density at radius 1 is 1.64 bits per heavy atom. The molecular formula is C9H9BrClNO2. The molecule has 1 atom stereocenters. The molecule has 3 N–H and O–H groups in total. The van der Waals surface area contributed by atoms with Crippen LogP contribution in [-0.2, 0) is 0 Å². The maximum atomic E-state index is 11.5. The highest BCUT2D eigenvalue weighted by Crippen LogP contribution is 2.30. The third-order valence-corrected chi connectivity index (χ3v) is 2.54. The number of phenolic OH excluding ortho intramolecular Hbond substituents is 1. The molecule has 0 saturated carbocycles. The maximum Gasteiger partial charge on any atom is 0.184 e.